The molecule has 0 fully saturated rings. The van der Waals surface area contributed by atoms with E-state index in [-0.39, 0.29) is 24.6 Å². The quantitative estimate of drug-likeness (QED) is 0.582. The number of methoxy groups -OCH3 is 1. The Morgan fingerprint density at radius 1 is 1.09 bits per heavy atom. The van der Waals surface area contributed by atoms with Crippen molar-refractivity contribution in [3.05, 3.63) is 92.9 Å². The lowest BCUT2D eigenvalue weighted by Crippen LogP contribution is -2.31. The lowest BCUT2D eigenvalue weighted by molar-refractivity contribution is -0.116. The summed E-state index contributed by atoms with van der Waals surface area (Å²) in [5.41, 5.74) is 2.30. The van der Waals surface area contributed by atoms with E-state index in [1.807, 2.05) is 30.3 Å². The molecular weight excluding hydrogens is 420 g/mol. The lowest BCUT2D eigenvalue weighted by Gasteiger charge is -2.13. The fourth-order valence-electron chi connectivity index (χ4n) is 3.47. The molecule has 1 heterocycles. The first-order chi connectivity index (χ1) is 15.8. The Labute approximate surface area is 191 Å². The van der Waals surface area contributed by atoms with Crippen LogP contribution in [0.4, 0.5) is 5.69 Å². The summed E-state index contributed by atoms with van der Waals surface area (Å²) in [7, 11) is 1.57. The van der Waals surface area contributed by atoms with Crippen LogP contribution in [0.2, 0.25) is 0 Å². The number of nitriles is 1. The predicted octanol–water partition coefficient (Wildman–Crippen LogP) is 2.91. The Balaban J connectivity index is 1.69. The molecule has 0 spiro atoms. The monoisotopic (exact) mass is 444 g/mol. The number of anilines is 1. The molecule has 0 aliphatic carbocycles. The van der Waals surface area contributed by atoms with Gasteiger partial charge in [-0.3, -0.25) is 14.4 Å². The summed E-state index contributed by atoms with van der Waals surface area (Å²) in [6.07, 6.45) is 0. The van der Waals surface area contributed by atoms with Gasteiger partial charge in [0.05, 0.1) is 7.11 Å². The molecule has 2 N–H and O–H groups in total. The zero-order valence-electron chi connectivity index (χ0n) is 18.6. The number of ether oxygens (including phenoxy) is 1. The van der Waals surface area contributed by atoms with Gasteiger partial charge in [-0.05, 0) is 49.7 Å². The van der Waals surface area contributed by atoms with E-state index in [0.29, 0.717) is 28.3 Å². The van der Waals surface area contributed by atoms with Crippen molar-refractivity contribution < 1.29 is 14.3 Å². The minimum atomic E-state index is -0.505. The van der Waals surface area contributed by atoms with Gasteiger partial charge in [-0.15, -0.1) is 0 Å². The van der Waals surface area contributed by atoms with Crippen molar-refractivity contribution >= 4 is 17.5 Å². The van der Waals surface area contributed by atoms with E-state index in [1.54, 1.807) is 51.3 Å². The number of hydrogen-bond donors (Lipinski definition) is 2. The number of aryl methyl sites for hydroxylation is 2. The Morgan fingerprint density at radius 2 is 1.85 bits per heavy atom. The van der Waals surface area contributed by atoms with E-state index in [9.17, 15) is 19.6 Å². The smallest absolute Gasteiger partial charge is 0.269 e. The average molecular weight is 444 g/mol. The fourth-order valence-corrected chi connectivity index (χ4v) is 3.47. The summed E-state index contributed by atoms with van der Waals surface area (Å²) in [4.78, 5) is 37.7. The van der Waals surface area contributed by atoms with Crippen LogP contribution < -0.4 is 20.9 Å². The fraction of sp³-hybridized carbons (Fsp3) is 0.200. The third kappa shape index (κ3) is 5.46. The third-order valence-corrected chi connectivity index (χ3v) is 5.16. The molecule has 0 bridgehead atoms. The average Bonchev–Trinajstić information content (AvgIpc) is 2.80. The third-order valence-electron chi connectivity index (χ3n) is 5.16. The molecule has 3 rings (SSSR count). The second-order valence-corrected chi connectivity index (χ2v) is 7.47. The molecule has 2 amide bonds. The molecule has 8 heteroatoms. The normalized spacial score (nSPS) is 10.2. The maximum absolute atomic E-state index is 12.6. The second-order valence-electron chi connectivity index (χ2n) is 7.47. The zero-order chi connectivity index (χ0) is 24.0. The Hall–Kier alpha value is -4.38. The molecule has 168 valence electrons. The molecule has 0 aliphatic rings. The number of benzene rings is 2. The van der Waals surface area contributed by atoms with Crippen LogP contribution in [0.5, 0.6) is 5.75 Å². The van der Waals surface area contributed by atoms with Crippen LogP contribution >= 0.6 is 0 Å². The summed E-state index contributed by atoms with van der Waals surface area (Å²) < 4.78 is 6.55. The summed E-state index contributed by atoms with van der Waals surface area (Å²) in [6.45, 7) is 3.43. The van der Waals surface area contributed by atoms with Crippen molar-refractivity contribution in [2.45, 2.75) is 26.9 Å². The van der Waals surface area contributed by atoms with Gasteiger partial charge in [-0.25, -0.2) is 0 Å². The Bertz CT molecular complexity index is 1300. The minimum Gasteiger partial charge on any atom is -0.496 e. The maximum atomic E-state index is 12.6. The van der Waals surface area contributed by atoms with Crippen molar-refractivity contribution in [3.8, 4) is 11.8 Å². The number of nitrogens with one attached hydrogen (secondary N) is 2. The highest BCUT2D eigenvalue weighted by Crippen LogP contribution is 2.17. The predicted molar refractivity (Wildman–Crippen MR) is 124 cm³/mol. The van der Waals surface area contributed by atoms with E-state index in [4.69, 9.17) is 4.74 Å². The van der Waals surface area contributed by atoms with Gasteiger partial charge < -0.3 is 19.9 Å². The van der Waals surface area contributed by atoms with E-state index in [0.717, 1.165) is 5.56 Å². The zero-order valence-corrected chi connectivity index (χ0v) is 18.6. The molecule has 3 aromatic rings. The van der Waals surface area contributed by atoms with E-state index >= 15 is 0 Å². The molecule has 2 aromatic carbocycles. The molecular formula is C25H24N4O4. The molecule has 0 aliphatic heterocycles. The molecule has 0 unspecified atom stereocenters. The molecule has 0 saturated heterocycles. The van der Waals surface area contributed by atoms with Crippen molar-refractivity contribution in [1.82, 2.24) is 9.88 Å². The molecule has 0 radical (unpaired) electrons. The van der Waals surface area contributed by atoms with Gasteiger partial charge in [0, 0.05) is 29.1 Å². The number of carbonyl (C=O) groups excluding carboxylic acids is 2. The van der Waals surface area contributed by atoms with Crippen molar-refractivity contribution in [2.24, 2.45) is 0 Å². The largest absolute Gasteiger partial charge is 0.496 e. The van der Waals surface area contributed by atoms with E-state index < -0.39 is 11.5 Å². The van der Waals surface area contributed by atoms with Crippen molar-refractivity contribution in [1.29, 1.82) is 5.26 Å². The summed E-state index contributed by atoms with van der Waals surface area (Å²) in [5.74, 6) is -0.0687. The van der Waals surface area contributed by atoms with E-state index in [1.165, 1.54) is 4.57 Å². The number of aromatic nitrogens is 1. The molecule has 1 aromatic heterocycles. The minimum absolute atomic E-state index is 0.0158. The van der Waals surface area contributed by atoms with Gasteiger partial charge in [0.1, 0.15) is 23.9 Å². The van der Waals surface area contributed by atoms with Crippen LogP contribution in [0.1, 0.15) is 32.7 Å². The molecule has 8 nitrogen and oxygen atoms in total. The van der Waals surface area contributed by atoms with Gasteiger partial charge in [0.2, 0.25) is 5.91 Å². The Kier molecular flexibility index (Phi) is 7.26. The summed E-state index contributed by atoms with van der Waals surface area (Å²) in [5, 5.41) is 14.7. The number of carbonyl (C=O) groups is 2. The Morgan fingerprint density at radius 3 is 2.58 bits per heavy atom. The first-order valence-electron chi connectivity index (χ1n) is 10.2. The molecule has 0 saturated carbocycles. The van der Waals surface area contributed by atoms with Gasteiger partial charge in [-0.1, -0.05) is 24.3 Å². The number of para-hydroxylation sites is 1. The van der Waals surface area contributed by atoms with Crippen molar-refractivity contribution in [3.63, 3.8) is 0 Å². The number of nitrogens with zero attached hydrogens (tertiary/aromatic N) is 2. The van der Waals surface area contributed by atoms with Gasteiger partial charge in [0.25, 0.3) is 11.5 Å². The van der Waals surface area contributed by atoms with Crippen LogP contribution in [-0.4, -0.2) is 23.5 Å². The first kappa shape index (κ1) is 23.3. The lowest BCUT2D eigenvalue weighted by atomic mass is 10.1. The molecule has 0 atom stereocenters. The number of hydrogen-bond acceptors (Lipinski definition) is 5. The topological polar surface area (TPSA) is 113 Å². The highest BCUT2D eigenvalue weighted by molar-refractivity contribution is 5.97. The first-order valence-corrected chi connectivity index (χ1v) is 10.2. The highest BCUT2D eigenvalue weighted by Gasteiger charge is 2.14. The molecule has 33 heavy (non-hydrogen) atoms. The number of amides is 2. The summed E-state index contributed by atoms with van der Waals surface area (Å²) >= 11 is 0. The van der Waals surface area contributed by atoms with Crippen molar-refractivity contribution in [2.75, 3.05) is 12.4 Å². The van der Waals surface area contributed by atoms with Crippen LogP contribution in [0.15, 0.2) is 59.4 Å². The van der Waals surface area contributed by atoms with Crippen LogP contribution in [0, 0.1) is 25.2 Å². The number of rotatable bonds is 7. The van der Waals surface area contributed by atoms with Gasteiger partial charge in [-0.2, -0.15) is 5.26 Å². The standard InChI is InChI=1S/C25H24N4O4/c1-16-11-17(2)29(25(32)21(16)13-26)15-23(30)28-20-9-6-8-18(12-20)24(31)27-14-19-7-4-5-10-22(19)33-3/h4-12H,14-15H2,1-3H3,(H,27,31)(H,28,30). The van der Waals surface area contributed by atoms with E-state index in [2.05, 4.69) is 10.6 Å². The second kappa shape index (κ2) is 10.3. The number of pyridine rings is 1. The maximum Gasteiger partial charge on any atom is 0.269 e. The van der Waals surface area contributed by atoms with Crippen LogP contribution in [-0.2, 0) is 17.9 Å². The SMILES string of the molecule is COc1ccccc1CNC(=O)c1cccc(NC(=O)Cn2c(C)cc(C)c(C#N)c2=O)c1. The highest BCUT2D eigenvalue weighted by atomic mass is 16.5. The van der Waals surface area contributed by atoms with Gasteiger partial charge in [0.15, 0.2) is 0 Å². The van der Waals surface area contributed by atoms with Crippen LogP contribution in [0.25, 0.3) is 0 Å². The van der Waals surface area contributed by atoms with Crippen LogP contribution in [0.3, 0.4) is 0 Å². The summed E-state index contributed by atoms with van der Waals surface area (Å²) in [6, 6.07) is 17.5. The van der Waals surface area contributed by atoms with Gasteiger partial charge >= 0.3 is 0 Å².